The minimum Gasteiger partial charge on any atom is -0.494 e. The number of ether oxygens (including phenoxy) is 1. The lowest BCUT2D eigenvalue weighted by atomic mass is 10.1. The van der Waals surface area contributed by atoms with Gasteiger partial charge in [-0.1, -0.05) is 0 Å². The Morgan fingerprint density at radius 2 is 1.81 bits per heavy atom. The van der Waals surface area contributed by atoms with E-state index in [1.54, 1.807) is 12.1 Å². The van der Waals surface area contributed by atoms with Gasteiger partial charge < -0.3 is 15.5 Å². The number of nitrogen functional groups attached to an aromatic ring is 1. The van der Waals surface area contributed by atoms with Crippen LogP contribution in [0.1, 0.15) is 22.8 Å². The largest absolute Gasteiger partial charge is 0.494 e. The molecule has 21 heavy (non-hydrogen) atoms. The Morgan fingerprint density at radius 3 is 2.38 bits per heavy atom. The van der Waals surface area contributed by atoms with Gasteiger partial charge in [-0.15, -0.1) is 0 Å². The molecule has 5 heteroatoms. The molecule has 110 valence electrons. The van der Waals surface area contributed by atoms with Crippen LogP contribution in [-0.2, 0) is 0 Å². The molecule has 4 N–H and O–H groups in total. The lowest BCUT2D eigenvalue weighted by molar-refractivity contribution is 0.102. The first kappa shape index (κ1) is 14.9. The number of amides is 1. The standard InChI is InChI=1S/C16H19N3O2/c1-3-21-14-7-4-12(5-8-14)18-16(20)15-9-6-13(19-17)10-11(15)2/h4-10,19H,3,17H2,1-2H3,(H,18,20). The summed E-state index contributed by atoms with van der Waals surface area (Å²) in [5.74, 6) is 5.97. The molecule has 1 amide bonds. The summed E-state index contributed by atoms with van der Waals surface area (Å²) in [5.41, 5.74) is 5.52. The van der Waals surface area contributed by atoms with Crippen molar-refractivity contribution in [3.05, 3.63) is 53.6 Å². The molecule has 2 aromatic rings. The second-order valence-electron chi connectivity index (χ2n) is 4.59. The molecule has 0 aromatic heterocycles. The summed E-state index contributed by atoms with van der Waals surface area (Å²) in [6.07, 6.45) is 0. The molecule has 0 spiro atoms. The average Bonchev–Trinajstić information content (AvgIpc) is 2.49. The monoisotopic (exact) mass is 285 g/mol. The Labute approximate surface area is 124 Å². The van der Waals surface area contributed by atoms with Gasteiger partial charge in [0.15, 0.2) is 0 Å². The van der Waals surface area contributed by atoms with Crippen molar-refractivity contribution >= 4 is 17.3 Å². The van der Waals surface area contributed by atoms with E-state index in [1.807, 2.05) is 44.2 Å². The average molecular weight is 285 g/mol. The van der Waals surface area contributed by atoms with Crippen LogP contribution in [0.2, 0.25) is 0 Å². The molecular formula is C16H19N3O2. The molecule has 0 aliphatic carbocycles. The molecule has 2 aromatic carbocycles. The number of nitrogens with one attached hydrogen (secondary N) is 2. The van der Waals surface area contributed by atoms with Gasteiger partial charge in [0.25, 0.3) is 5.91 Å². The summed E-state index contributed by atoms with van der Waals surface area (Å²) < 4.78 is 5.36. The molecule has 0 bridgehead atoms. The highest BCUT2D eigenvalue weighted by molar-refractivity contribution is 6.05. The van der Waals surface area contributed by atoms with Gasteiger partial charge in [0.1, 0.15) is 5.75 Å². The van der Waals surface area contributed by atoms with E-state index in [0.717, 1.165) is 22.7 Å². The number of hydrazine groups is 1. The number of nitrogens with two attached hydrogens (primary N) is 1. The highest BCUT2D eigenvalue weighted by Crippen LogP contribution is 2.19. The summed E-state index contributed by atoms with van der Waals surface area (Å²) in [6.45, 7) is 4.42. The third-order valence-corrected chi connectivity index (χ3v) is 3.06. The van der Waals surface area contributed by atoms with E-state index in [9.17, 15) is 4.79 Å². The second kappa shape index (κ2) is 6.76. The van der Waals surface area contributed by atoms with Crippen molar-refractivity contribution < 1.29 is 9.53 Å². The van der Waals surface area contributed by atoms with Crippen LogP contribution in [0.4, 0.5) is 11.4 Å². The molecule has 0 fully saturated rings. The van der Waals surface area contributed by atoms with Gasteiger partial charge >= 0.3 is 0 Å². The lowest BCUT2D eigenvalue weighted by Crippen LogP contribution is -2.14. The Balaban J connectivity index is 2.10. The van der Waals surface area contributed by atoms with Crippen molar-refractivity contribution in [3.8, 4) is 5.75 Å². The predicted octanol–water partition coefficient (Wildman–Crippen LogP) is 2.93. The zero-order valence-electron chi connectivity index (χ0n) is 12.1. The van der Waals surface area contributed by atoms with E-state index in [1.165, 1.54) is 0 Å². The molecule has 0 atom stereocenters. The number of carbonyl (C=O) groups excluding carboxylic acids is 1. The number of benzene rings is 2. The van der Waals surface area contributed by atoms with E-state index in [0.29, 0.717) is 12.2 Å². The summed E-state index contributed by atoms with van der Waals surface area (Å²) in [5, 5.41) is 2.86. The summed E-state index contributed by atoms with van der Waals surface area (Å²) >= 11 is 0. The third kappa shape index (κ3) is 3.73. The smallest absolute Gasteiger partial charge is 0.255 e. The molecule has 0 unspecified atom stereocenters. The fourth-order valence-electron chi connectivity index (χ4n) is 2.01. The van der Waals surface area contributed by atoms with E-state index >= 15 is 0 Å². The van der Waals surface area contributed by atoms with Crippen molar-refractivity contribution in [3.63, 3.8) is 0 Å². The van der Waals surface area contributed by atoms with Crippen LogP contribution >= 0.6 is 0 Å². The SMILES string of the molecule is CCOc1ccc(NC(=O)c2ccc(NN)cc2C)cc1. The number of rotatable bonds is 5. The summed E-state index contributed by atoms with van der Waals surface area (Å²) in [4.78, 5) is 12.3. The van der Waals surface area contributed by atoms with Gasteiger partial charge in [-0.05, 0) is 61.9 Å². The van der Waals surface area contributed by atoms with Crippen LogP contribution in [0, 0.1) is 6.92 Å². The maximum absolute atomic E-state index is 12.3. The van der Waals surface area contributed by atoms with Crippen molar-refractivity contribution in [2.24, 2.45) is 5.84 Å². The molecule has 2 rings (SSSR count). The summed E-state index contributed by atoms with van der Waals surface area (Å²) in [6, 6.07) is 12.6. The Kier molecular flexibility index (Phi) is 4.79. The van der Waals surface area contributed by atoms with Crippen molar-refractivity contribution in [1.29, 1.82) is 0 Å². The van der Waals surface area contributed by atoms with Crippen LogP contribution in [-0.4, -0.2) is 12.5 Å². The predicted molar refractivity (Wildman–Crippen MR) is 84.6 cm³/mol. The van der Waals surface area contributed by atoms with E-state index in [-0.39, 0.29) is 5.91 Å². The van der Waals surface area contributed by atoms with E-state index in [4.69, 9.17) is 10.6 Å². The van der Waals surface area contributed by atoms with Gasteiger partial charge in [0.05, 0.1) is 6.61 Å². The van der Waals surface area contributed by atoms with Crippen LogP contribution < -0.4 is 21.3 Å². The van der Waals surface area contributed by atoms with Crippen LogP contribution in [0.15, 0.2) is 42.5 Å². The quantitative estimate of drug-likeness (QED) is 0.583. The fraction of sp³-hybridized carbons (Fsp3) is 0.188. The molecule has 0 heterocycles. The number of anilines is 2. The van der Waals surface area contributed by atoms with Crippen molar-refractivity contribution in [2.45, 2.75) is 13.8 Å². The zero-order valence-corrected chi connectivity index (χ0v) is 12.1. The molecule has 0 radical (unpaired) electrons. The first-order chi connectivity index (χ1) is 10.1. The number of hydrogen-bond acceptors (Lipinski definition) is 4. The van der Waals surface area contributed by atoms with Gasteiger partial charge in [-0.3, -0.25) is 10.6 Å². The number of hydrogen-bond donors (Lipinski definition) is 3. The second-order valence-corrected chi connectivity index (χ2v) is 4.59. The molecule has 0 aliphatic rings. The molecular weight excluding hydrogens is 266 g/mol. The highest BCUT2D eigenvalue weighted by atomic mass is 16.5. The van der Waals surface area contributed by atoms with Crippen LogP contribution in [0.5, 0.6) is 5.75 Å². The van der Waals surface area contributed by atoms with Crippen molar-refractivity contribution in [2.75, 3.05) is 17.3 Å². The van der Waals surface area contributed by atoms with Gasteiger partial charge in [0.2, 0.25) is 0 Å². The molecule has 0 saturated carbocycles. The highest BCUT2D eigenvalue weighted by Gasteiger charge is 2.09. The van der Waals surface area contributed by atoms with E-state index in [2.05, 4.69) is 10.7 Å². The first-order valence-corrected chi connectivity index (χ1v) is 6.75. The van der Waals surface area contributed by atoms with Crippen LogP contribution in [0.3, 0.4) is 0 Å². The number of carbonyl (C=O) groups is 1. The summed E-state index contributed by atoms with van der Waals surface area (Å²) in [7, 11) is 0. The van der Waals surface area contributed by atoms with Crippen LogP contribution in [0.25, 0.3) is 0 Å². The van der Waals surface area contributed by atoms with Gasteiger partial charge in [-0.2, -0.15) is 0 Å². The topological polar surface area (TPSA) is 76.4 Å². The maximum atomic E-state index is 12.3. The normalized spacial score (nSPS) is 10.0. The fourth-order valence-corrected chi connectivity index (χ4v) is 2.01. The van der Waals surface area contributed by atoms with Gasteiger partial charge in [0, 0.05) is 16.9 Å². The van der Waals surface area contributed by atoms with Crippen molar-refractivity contribution in [1.82, 2.24) is 0 Å². The zero-order chi connectivity index (χ0) is 15.2. The third-order valence-electron chi connectivity index (χ3n) is 3.06. The lowest BCUT2D eigenvalue weighted by Gasteiger charge is -2.10. The molecule has 0 saturated heterocycles. The minimum atomic E-state index is -0.153. The molecule has 0 aliphatic heterocycles. The minimum absolute atomic E-state index is 0.153. The number of aryl methyl sites for hydroxylation is 1. The maximum Gasteiger partial charge on any atom is 0.255 e. The molecule has 5 nitrogen and oxygen atoms in total. The van der Waals surface area contributed by atoms with E-state index < -0.39 is 0 Å². The van der Waals surface area contributed by atoms with Gasteiger partial charge in [-0.25, -0.2) is 0 Å². The first-order valence-electron chi connectivity index (χ1n) is 6.75. The Bertz CT molecular complexity index is 624. The Hall–Kier alpha value is -2.53. The Morgan fingerprint density at radius 1 is 1.14 bits per heavy atom.